The van der Waals surface area contributed by atoms with Gasteiger partial charge >= 0.3 is 0 Å². The molecule has 0 spiro atoms. The van der Waals surface area contributed by atoms with Crippen LogP contribution in [-0.4, -0.2) is 34.3 Å². The first kappa shape index (κ1) is 17.6. The molecule has 3 heterocycles. The summed E-state index contributed by atoms with van der Waals surface area (Å²) in [6, 6.07) is 5.20. The minimum absolute atomic E-state index is 0.366. The number of nitrogens with one attached hydrogen (secondary N) is 1. The van der Waals surface area contributed by atoms with Crippen molar-refractivity contribution in [3.8, 4) is 0 Å². The van der Waals surface area contributed by atoms with Gasteiger partial charge in [0.05, 0.1) is 6.20 Å². The molecule has 3 rings (SSSR count). The highest BCUT2D eigenvalue weighted by Crippen LogP contribution is 2.21. The second kappa shape index (κ2) is 8.28. The highest BCUT2D eigenvalue weighted by molar-refractivity contribution is 7.09. The van der Waals surface area contributed by atoms with Crippen LogP contribution in [-0.2, 0) is 6.54 Å². The molecule has 0 saturated carbocycles. The van der Waals surface area contributed by atoms with Gasteiger partial charge in [-0.25, -0.2) is 0 Å². The third-order valence-electron chi connectivity index (χ3n) is 4.93. The predicted molar refractivity (Wildman–Crippen MR) is 101 cm³/mol. The first-order valence-electron chi connectivity index (χ1n) is 9.14. The van der Waals surface area contributed by atoms with Gasteiger partial charge in [0.25, 0.3) is 0 Å². The van der Waals surface area contributed by atoms with Gasteiger partial charge in [-0.15, -0.1) is 11.3 Å². The van der Waals surface area contributed by atoms with Crippen molar-refractivity contribution < 1.29 is 0 Å². The third-order valence-corrected chi connectivity index (χ3v) is 5.79. The minimum atomic E-state index is 0.366. The Kier molecular flexibility index (Phi) is 6.09. The normalized spacial score (nSPS) is 20.6. The first-order chi connectivity index (χ1) is 11.6. The van der Waals surface area contributed by atoms with Crippen molar-refractivity contribution in [1.82, 2.24) is 20.0 Å². The Morgan fingerprint density at radius 2 is 2.25 bits per heavy atom. The van der Waals surface area contributed by atoms with E-state index in [-0.39, 0.29) is 0 Å². The number of rotatable bonds is 7. The second-order valence-electron chi connectivity index (χ2n) is 7.30. The zero-order chi connectivity index (χ0) is 16.9. The van der Waals surface area contributed by atoms with E-state index in [4.69, 9.17) is 0 Å². The Balaban J connectivity index is 1.46. The third kappa shape index (κ3) is 4.68. The van der Waals surface area contributed by atoms with Crippen LogP contribution in [0.4, 0.5) is 0 Å². The fourth-order valence-corrected chi connectivity index (χ4v) is 4.15. The molecule has 4 nitrogen and oxygen atoms in total. The van der Waals surface area contributed by atoms with Crippen molar-refractivity contribution in [2.24, 2.45) is 5.92 Å². The monoisotopic (exact) mass is 346 g/mol. The number of nitrogens with zero attached hydrogens (tertiary/aromatic N) is 3. The van der Waals surface area contributed by atoms with Gasteiger partial charge in [0.15, 0.2) is 0 Å². The highest BCUT2D eigenvalue weighted by atomic mass is 32.1. The lowest BCUT2D eigenvalue weighted by Gasteiger charge is -2.33. The van der Waals surface area contributed by atoms with Crippen molar-refractivity contribution in [3.05, 3.63) is 40.3 Å². The van der Waals surface area contributed by atoms with Gasteiger partial charge in [-0.3, -0.25) is 9.58 Å². The summed E-state index contributed by atoms with van der Waals surface area (Å²) in [6.07, 6.45) is 6.83. The summed E-state index contributed by atoms with van der Waals surface area (Å²) in [5, 5.41) is 10.4. The van der Waals surface area contributed by atoms with Gasteiger partial charge in [0.1, 0.15) is 0 Å². The van der Waals surface area contributed by atoms with Crippen molar-refractivity contribution in [1.29, 1.82) is 0 Å². The lowest BCUT2D eigenvalue weighted by molar-refractivity contribution is 0.164. The molecule has 2 atom stereocenters. The maximum atomic E-state index is 4.45. The maximum Gasteiger partial charge on any atom is 0.0537 e. The maximum absolute atomic E-state index is 4.45. The van der Waals surface area contributed by atoms with Crippen LogP contribution in [0.3, 0.4) is 0 Å². The van der Waals surface area contributed by atoms with Crippen molar-refractivity contribution >= 4 is 11.3 Å². The summed E-state index contributed by atoms with van der Waals surface area (Å²) in [7, 11) is 0. The molecular formula is C19H30N4S. The molecule has 132 valence electrons. The van der Waals surface area contributed by atoms with Gasteiger partial charge in [0, 0.05) is 41.8 Å². The number of hydrogen-bond acceptors (Lipinski definition) is 4. The molecule has 1 N–H and O–H groups in total. The molecule has 1 fully saturated rings. The van der Waals surface area contributed by atoms with Crippen LogP contribution >= 0.6 is 11.3 Å². The van der Waals surface area contributed by atoms with Crippen LogP contribution in [0.1, 0.15) is 56.1 Å². The van der Waals surface area contributed by atoms with Crippen LogP contribution in [0.5, 0.6) is 0 Å². The van der Waals surface area contributed by atoms with E-state index in [0.717, 1.165) is 19.0 Å². The van der Waals surface area contributed by atoms with Crippen molar-refractivity contribution in [2.45, 2.75) is 52.2 Å². The van der Waals surface area contributed by atoms with Crippen LogP contribution in [0.15, 0.2) is 29.9 Å². The lowest BCUT2D eigenvalue weighted by Crippen LogP contribution is -2.39. The molecule has 0 aliphatic carbocycles. The topological polar surface area (TPSA) is 33.1 Å². The lowest BCUT2D eigenvalue weighted by atomic mass is 9.97. The second-order valence-corrected chi connectivity index (χ2v) is 8.33. The van der Waals surface area contributed by atoms with Crippen LogP contribution in [0, 0.1) is 5.92 Å². The predicted octanol–water partition coefficient (Wildman–Crippen LogP) is 4.09. The standard InChI is InChI=1S/C19H30N4S/c1-15(2)23-13-18(11-21-23)16(3)20-10-17-6-4-8-22(12-17)14-19-7-5-9-24-19/h5,7,9,11,13,15-17,20H,4,6,8,10,12,14H2,1-3H3/t16-,17-/m0/s1. The summed E-state index contributed by atoms with van der Waals surface area (Å²) in [4.78, 5) is 4.10. The molecular weight excluding hydrogens is 316 g/mol. The Morgan fingerprint density at radius 1 is 1.38 bits per heavy atom. The van der Waals surface area contributed by atoms with E-state index in [0.29, 0.717) is 12.1 Å². The summed E-state index contributed by atoms with van der Waals surface area (Å²) >= 11 is 1.87. The van der Waals surface area contributed by atoms with Gasteiger partial charge in [-0.2, -0.15) is 5.10 Å². The number of thiophene rings is 1. The SMILES string of the molecule is CC(C)n1cc([C@H](C)NC[C@@H]2CCCN(Cc3cccs3)C2)cn1. The quantitative estimate of drug-likeness (QED) is 0.820. The highest BCUT2D eigenvalue weighted by Gasteiger charge is 2.21. The van der Waals surface area contributed by atoms with Crippen molar-refractivity contribution in [2.75, 3.05) is 19.6 Å². The van der Waals surface area contributed by atoms with Crippen molar-refractivity contribution in [3.63, 3.8) is 0 Å². The Bertz CT molecular complexity index is 605. The van der Waals surface area contributed by atoms with Crippen LogP contribution in [0.25, 0.3) is 0 Å². The molecule has 5 heteroatoms. The smallest absolute Gasteiger partial charge is 0.0537 e. The van der Waals surface area contributed by atoms with E-state index in [1.54, 1.807) is 0 Å². The Labute approximate surface area is 149 Å². The summed E-state index contributed by atoms with van der Waals surface area (Å²) < 4.78 is 2.04. The molecule has 1 saturated heterocycles. The summed E-state index contributed by atoms with van der Waals surface area (Å²) in [5.41, 5.74) is 1.29. The number of piperidine rings is 1. The van der Waals surface area contributed by atoms with Gasteiger partial charge in [-0.05, 0) is 64.1 Å². The summed E-state index contributed by atoms with van der Waals surface area (Å²) in [5.74, 6) is 0.751. The Hall–Kier alpha value is -1.17. The molecule has 0 amide bonds. The van der Waals surface area contributed by atoms with E-state index < -0.39 is 0 Å². The van der Waals surface area contributed by atoms with Gasteiger partial charge < -0.3 is 5.32 Å². The fraction of sp³-hybridized carbons (Fsp3) is 0.632. The van der Waals surface area contributed by atoms with E-state index in [9.17, 15) is 0 Å². The first-order valence-corrected chi connectivity index (χ1v) is 10.0. The molecule has 2 aromatic rings. The zero-order valence-corrected chi connectivity index (χ0v) is 15.9. The van der Waals surface area contributed by atoms with Gasteiger partial charge in [0.2, 0.25) is 0 Å². The number of aromatic nitrogens is 2. The largest absolute Gasteiger partial charge is 0.310 e. The molecule has 2 aromatic heterocycles. The molecule has 1 aliphatic rings. The molecule has 0 radical (unpaired) electrons. The molecule has 0 aromatic carbocycles. The van der Waals surface area contributed by atoms with E-state index in [1.807, 2.05) is 22.2 Å². The Morgan fingerprint density at radius 3 is 2.96 bits per heavy atom. The van der Waals surface area contributed by atoms with E-state index in [2.05, 4.69) is 59.8 Å². The number of likely N-dealkylation sites (tertiary alicyclic amines) is 1. The molecule has 0 bridgehead atoms. The summed E-state index contributed by atoms with van der Waals surface area (Å²) in [6.45, 7) is 11.2. The fourth-order valence-electron chi connectivity index (χ4n) is 3.40. The minimum Gasteiger partial charge on any atom is -0.310 e. The van der Waals surface area contributed by atoms with Crippen LogP contribution < -0.4 is 5.32 Å². The molecule has 0 unspecified atom stereocenters. The van der Waals surface area contributed by atoms with E-state index in [1.165, 1.54) is 36.4 Å². The van der Waals surface area contributed by atoms with Gasteiger partial charge in [-0.1, -0.05) is 6.07 Å². The average molecular weight is 347 g/mol. The van der Waals surface area contributed by atoms with Crippen LogP contribution in [0.2, 0.25) is 0 Å². The molecule has 1 aliphatic heterocycles. The molecule has 24 heavy (non-hydrogen) atoms. The number of hydrogen-bond donors (Lipinski definition) is 1. The van der Waals surface area contributed by atoms with E-state index >= 15 is 0 Å². The average Bonchev–Trinajstić information content (AvgIpc) is 3.24. The zero-order valence-electron chi connectivity index (χ0n) is 15.1.